The molecule has 3 heterocycles. The molecule has 2 bridgehead atoms. The molecule has 2 aliphatic rings. The molecule has 2 aromatic heterocycles. The van der Waals surface area contributed by atoms with Crippen LogP contribution in [0.1, 0.15) is 35.7 Å². The number of nitrogens with zero attached hydrogens (tertiary/aromatic N) is 3. The van der Waals surface area contributed by atoms with E-state index in [0.29, 0.717) is 11.8 Å². The van der Waals surface area contributed by atoms with E-state index in [2.05, 4.69) is 9.97 Å². The summed E-state index contributed by atoms with van der Waals surface area (Å²) < 4.78 is 26.1. The van der Waals surface area contributed by atoms with E-state index in [1.54, 1.807) is 12.3 Å². The van der Waals surface area contributed by atoms with Crippen molar-refractivity contribution in [3.63, 3.8) is 0 Å². The zero-order valence-electron chi connectivity index (χ0n) is 16.8. The number of likely N-dealkylation sites (tertiary alicyclic amines) is 1. The van der Waals surface area contributed by atoms with Gasteiger partial charge < -0.3 is 14.1 Å². The lowest BCUT2D eigenvalue weighted by molar-refractivity contribution is 0.0314. The van der Waals surface area contributed by atoms with Crippen LogP contribution in [0.15, 0.2) is 53.4 Å². The molecule has 4 unspecified atom stereocenters. The molecular formula is C23H22FN3O3. The minimum atomic E-state index is -0.531. The van der Waals surface area contributed by atoms with Gasteiger partial charge in [-0.15, -0.1) is 0 Å². The van der Waals surface area contributed by atoms with E-state index in [4.69, 9.17) is 9.15 Å². The largest absolute Gasteiger partial charge is 0.472 e. The molecule has 7 heteroatoms. The van der Waals surface area contributed by atoms with Gasteiger partial charge in [-0.1, -0.05) is 12.1 Å². The molecule has 1 aromatic carbocycles. The first kappa shape index (κ1) is 18.8. The van der Waals surface area contributed by atoms with Gasteiger partial charge in [-0.05, 0) is 50.3 Å². The van der Waals surface area contributed by atoms with Crippen LogP contribution in [-0.2, 0) is 0 Å². The molecule has 4 atom stereocenters. The third-order valence-electron chi connectivity index (χ3n) is 6.27. The van der Waals surface area contributed by atoms with Crippen LogP contribution in [0.3, 0.4) is 0 Å². The normalized spacial score (nSPS) is 25.0. The summed E-state index contributed by atoms with van der Waals surface area (Å²) in [6.45, 7) is 4.02. The van der Waals surface area contributed by atoms with Crippen LogP contribution in [0.4, 0.5) is 4.39 Å². The Morgan fingerprint density at radius 3 is 2.80 bits per heavy atom. The summed E-state index contributed by atoms with van der Waals surface area (Å²) in [6.07, 6.45) is 6.19. The number of rotatable bonds is 4. The molecule has 5 rings (SSSR count). The van der Waals surface area contributed by atoms with Crippen LogP contribution in [-0.4, -0.2) is 39.0 Å². The lowest BCUT2D eigenvalue weighted by Gasteiger charge is -2.38. The van der Waals surface area contributed by atoms with Gasteiger partial charge in [-0.25, -0.2) is 14.4 Å². The predicted molar refractivity (Wildman–Crippen MR) is 107 cm³/mol. The summed E-state index contributed by atoms with van der Waals surface area (Å²) in [5.74, 6) is 0.243. The van der Waals surface area contributed by atoms with Crippen molar-refractivity contribution >= 4 is 5.91 Å². The summed E-state index contributed by atoms with van der Waals surface area (Å²) in [4.78, 5) is 23.8. The second-order valence-corrected chi connectivity index (χ2v) is 8.08. The van der Waals surface area contributed by atoms with Gasteiger partial charge in [-0.3, -0.25) is 4.79 Å². The Morgan fingerprint density at radius 1 is 1.23 bits per heavy atom. The average molecular weight is 407 g/mol. The number of hydrogen-bond donors (Lipinski definition) is 0. The second-order valence-electron chi connectivity index (χ2n) is 8.08. The summed E-state index contributed by atoms with van der Waals surface area (Å²) in [5.41, 5.74) is 1.41. The average Bonchev–Trinajstić information content (AvgIpc) is 3.46. The monoisotopic (exact) mass is 407 g/mol. The Kier molecular flexibility index (Phi) is 4.53. The van der Waals surface area contributed by atoms with E-state index in [1.807, 2.05) is 30.9 Å². The third-order valence-corrected chi connectivity index (χ3v) is 6.27. The number of halogens is 1. The minimum Gasteiger partial charge on any atom is -0.472 e. The molecule has 1 amide bonds. The number of benzene rings is 1. The van der Waals surface area contributed by atoms with Crippen molar-refractivity contribution in [1.29, 1.82) is 0 Å². The number of ether oxygens (including phenoxy) is 1. The predicted octanol–water partition coefficient (Wildman–Crippen LogP) is 4.25. The van der Waals surface area contributed by atoms with Crippen molar-refractivity contribution in [1.82, 2.24) is 14.9 Å². The maximum atomic E-state index is 14.6. The fraction of sp³-hybridized carbons (Fsp3) is 0.348. The van der Waals surface area contributed by atoms with Gasteiger partial charge in [0.2, 0.25) is 11.8 Å². The van der Waals surface area contributed by atoms with E-state index >= 15 is 0 Å². The van der Waals surface area contributed by atoms with Crippen molar-refractivity contribution in [3.05, 3.63) is 65.9 Å². The number of amides is 1. The highest BCUT2D eigenvalue weighted by molar-refractivity contribution is 6.00. The van der Waals surface area contributed by atoms with E-state index in [1.165, 1.54) is 24.6 Å². The summed E-state index contributed by atoms with van der Waals surface area (Å²) >= 11 is 0. The fourth-order valence-corrected chi connectivity index (χ4v) is 4.78. The van der Waals surface area contributed by atoms with Crippen LogP contribution in [0.2, 0.25) is 0 Å². The van der Waals surface area contributed by atoms with Crippen molar-refractivity contribution in [2.75, 3.05) is 0 Å². The molecule has 0 spiro atoms. The number of carbonyl (C=O) groups is 1. The lowest BCUT2D eigenvalue weighted by Crippen LogP contribution is -2.51. The van der Waals surface area contributed by atoms with Crippen molar-refractivity contribution in [2.24, 2.45) is 5.92 Å². The maximum Gasteiger partial charge on any atom is 0.255 e. The van der Waals surface area contributed by atoms with Gasteiger partial charge in [0, 0.05) is 18.3 Å². The Hall–Kier alpha value is -3.22. The number of pyridine rings is 1. The second kappa shape index (κ2) is 7.23. The molecule has 2 fully saturated rings. The number of carbonyl (C=O) groups excluding carboxylic acids is 1. The molecule has 0 radical (unpaired) electrons. The topological polar surface area (TPSA) is 68.5 Å². The molecular weight excluding hydrogens is 385 g/mol. The Labute approximate surface area is 173 Å². The fourth-order valence-electron chi connectivity index (χ4n) is 4.78. The number of piperidine rings is 1. The van der Waals surface area contributed by atoms with E-state index in [9.17, 15) is 9.18 Å². The van der Waals surface area contributed by atoms with Crippen LogP contribution in [0.25, 0.3) is 11.5 Å². The van der Waals surface area contributed by atoms with Gasteiger partial charge in [0.15, 0.2) is 0 Å². The molecule has 6 nitrogen and oxygen atoms in total. The van der Waals surface area contributed by atoms with Crippen molar-refractivity contribution in [3.8, 4) is 17.3 Å². The van der Waals surface area contributed by atoms with Crippen molar-refractivity contribution < 1.29 is 18.3 Å². The first-order valence-electron chi connectivity index (χ1n) is 10.1. The van der Waals surface area contributed by atoms with Gasteiger partial charge in [0.05, 0.1) is 23.4 Å². The Balaban J connectivity index is 1.45. The molecule has 0 N–H and O–H groups in total. The third kappa shape index (κ3) is 3.05. The van der Waals surface area contributed by atoms with Gasteiger partial charge in [0.25, 0.3) is 5.91 Å². The minimum absolute atomic E-state index is 0.0500. The van der Waals surface area contributed by atoms with Gasteiger partial charge in [-0.2, -0.15) is 0 Å². The standard InChI is InChI=1S/C23H22FN3O3/c1-13-6-7-20(26-12-13)30-19-11-15-10-18(19)27(14(15)2)23(28)16-4-3-5-17(24)21(16)22-25-8-9-29-22/h3-9,12,14-15,18-19H,10-11H2,1-2H3. The SMILES string of the molecule is Cc1ccc(OC2CC3CC2N(C(=O)c2cccc(F)c2-c2ncco2)C3C)nc1. The van der Waals surface area contributed by atoms with Crippen molar-refractivity contribution in [2.45, 2.75) is 44.9 Å². The Bertz CT molecular complexity index is 1070. The highest BCUT2D eigenvalue weighted by Gasteiger charge is 2.53. The Morgan fingerprint density at radius 2 is 2.10 bits per heavy atom. The van der Waals surface area contributed by atoms with Crippen LogP contribution < -0.4 is 4.74 Å². The number of oxazole rings is 1. The van der Waals surface area contributed by atoms with Crippen LogP contribution >= 0.6 is 0 Å². The first-order valence-corrected chi connectivity index (χ1v) is 10.1. The number of aromatic nitrogens is 2. The quantitative estimate of drug-likeness (QED) is 0.647. The first-order chi connectivity index (χ1) is 14.5. The zero-order chi connectivity index (χ0) is 20.8. The highest BCUT2D eigenvalue weighted by atomic mass is 19.1. The smallest absolute Gasteiger partial charge is 0.255 e. The molecule has 1 aliphatic carbocycles. The molecule has 1 saturated carbocycles. The van der Waals surface area contributed by atoms with E-state index in [0.717, 1.165) is 18.4 Å². The molecule has 1 aliphatic heterocycles. The zero-order valence-corrected chi connectivity index (χ0v) is 16.8. The summed E-state index contributed by atoms with van der Waals surface area (Å²) in [5, 5.41) is 0. The summed E-state index contributed by atoms with van der Waals surface area (Å²) in [6, 6.07) is 8.25. The van der Waals surface area contributed by atoms with E-state index in [-0.39, 0.29) is 41.1 Å². The molecule has 3 aromatic rings. The number of fused-ring (bicyclic) bond motifs is 2. The van der Waals surface area contributed by atoms with Gasteiger partial charge in [0.1, 0.15) is 18.2 Å². The lowest BCUT2D eigenvalue weighted by atomic mass is 9.97. The number of hydrogen-bond acceptors (Lipinski definition) is 5. The number of aryl methyl sites for hydroxylation is 1. The molecule has 1 saturated heterocycles. The maximum absolute atomic E-state index is 14.6. The van der Waals surface area contributed by atoms with Gasteiger partial charge >= 0.3 is 0 Å². The summed E-state index contributed by atoms with van der Waals surface area (Å²) in [7, 11) is 0. The molecule has 30 heavy (non-hydrogen) atoms. The van der Waals surface area contributed by atoms with Crippen LogP contribution in [0, 0.1) is 18.7 Å². The van der Waals surface area contributed by atoms with Crippen LogP contribution in [0.5, 0.6) is 5.88 Å². The van der Waals surface area contributed by atoms with E-state index < -0.39 is 5.82 Å². The molecule has 154 valence electrons. The highest BCUT2D eigenvalue weighted by Crippen LogP contribution is 2.45.